The third kappa shape index (κ3) is 5.36. The fraction of sp³-hybridized carbons (Fsp3) is 0.273. The molecule has 146 valence electrons. The SMILES string of the molecule is CCc1ccccc1Nc1cc(C)nc(NCCOc2ccc(OC)cc2)n1. The van der Waals surface area contributed by atoms with Gasteiger partial charge in [0.2, 0.25) is 5.95 Å². The van der Waals surface area contributed by atoms with E-state index in [0.717, 1.165) is 35.1 Å². The van der Waals surface area contributed by atoms with Gasteiger partial charge < -0.3 is 20.1 Å². The molecule has 3 aromatic rings. The van der Waals surface area contributed by atoms with Crippen molar-refractivity contribution in [1.82, 2.24) is 9.97 Å². The van der Waals surface area contributed by atoms with Gasteiger partial charge in [-0.05, 0) is 49.2 Å². The van der Waals surface area contributed by atoms with Crippen molar-refractivity contribution < 1.29 is 9.47 Å². The highest BCUT2D eigenvalue weighted by molar-refractivity contribution is 5.61. The van der Waals surface area contributed by atoms with Crippen LogP contribution >= 0.6 is 0 Å². The Balaban J connectivity index is 1.57. The minimum atomic E-state index is 0.505. The molecule has 0 amide bonds. The highest BCUT2D eigenvalue weighted by Crippen LogP contribution is 2.21. The van der Waals surface area contributed by atoms with Gasteiger partial charge in [0.25, 0.3) is 0 Å². The van der Waals surface area contributed by atoms with Crippen molar-refractivity contribution in [3.8, 4) is 11.5 Å². The number of aryl methyl sites for hydroxylation is 2. The maximum absolute atomic E-state index is 5.72. The van der Waals surface area contributed by atoms with Gasteiger partial charge in [0.15, 0.2) is 0 Å². The summed E-state index contributed by atoms with van der Waals surface area (Å²) < 4.78 is 10.9. The van der Waals surface area contributed by atoms with E-state index in [1.165, 1.54) is 5.56 Å². The van der Waals surface area contributed by atoms with Crippen LogP contribution in [0.2, 0.25) is 0 Å². The maximum atomic E-state index is 5.72. The van der Waals surface area contributed by atoms with Gasteiger partial charge in [-0.25, -0.2) is 4.98 Å². The standard InChI is InChI=1S/C22H26N4O2/c1-4-17-7-5-6-8-20(17)25-21-15-16(2)24-22(26-21)23-13-14-28-19-11-9-18(27-3)10-12-19/h5-12,15H,4,13-14H2,1-3H3,(H2,23,24,25,26). The Kier molecular flexibility index (Phi) is 6.68. The van der Waals surface area contributed by atoms with Crippen LogP contribution < -0.4 is 20.1 Å². The average molecular weight is 378 g/mol. The van der Waals surface area contributed by atoms with Crippen molar-refractivity contribution in [1.29, 1.82) is 0 Å². The van der Waals surface area contributed by atoms with Crippen LogP contribution in [0.15, 0.2) is 54.6 Å². The summed E-state index contributed by atoms with van der Waals surface area (Å²) in [4.78, 5) is 9.02. The molecule has 3 rings (SSSR count). The molecule has 0 bridgehead atoms. The predicted molar refractivity (Wildman–Crippen MR) is 113 cm³/mol. The first-order valence-corrected chi connectivity index (χ1v) is 9.39. The van der Waals surface area contributed by atoms with E-state index in [0.29, 0.717) is 19.1 Å². The minimum absolute atomic E-state index is 0.505. The number of methoxy groups -OCH3 is 1. The fourth-order valence-corrected chi connectivity index (χ4v) is 2.80. The summed E-state index contributed by atoms with van der Waals surface area (Å²) in [5.74, 6) is 2.95. The highest BCUT2D eigenvalue weighted by Gasteiger charge is 2.05. The predicted octanol–water partition coefficient (Wildman–Crippen LogP) is 4.59. The van der Waals surface area contributed by atoms with Gasteiger partial charge in [-0.2, -0.15) is 4.98 Å². The van der Waals surface area contributed by atoms with E-state index in [4.69, 9.17) is 9.47 Å². The molecule has 0 aliphatic rings. The van der Waals surface area contributed by atoms with Gasteiger partial charge in [0, 0.05) is 17.4 Å². The van der Waals surface area contributed by atoms with Gasteiger partial charge >= 0.3 is 0 Å². The molecule has 28 heavy (non-hydrogen) atoms. The zero-order valence-corrected chi connectivity index (χ0v) is 16.5. The third-order valence-electron chi connectivity index (χ3n) is 4.23. The maximum Gasteiger partial charge on any atom is 0.224 e. The first-order valence-electron chi connectivity index (χ1n) is 9.39. The molecule has 0 saturated heterocycles. The molecule has 1 heterocycles. The molecule has 6 nitrogen and oxygen atoms in total. The van der Waals surface area contributed by atoms with E-state index in [2.05, 4.69) is 39.7 Å². The summed E-state index contributed by atoms with van der Waals surface area (Å²) in [5, 5.41) is 6.62. The summed E-state index contributed by atoms with van der Waals surface area (Å²) in [6, 6.07) is 17.7. The topological polar surface area (TPSA) is 68.3 Å². The van der Waals surface area contributed by atoms with E-state index in [-0.39, 0.29) is 0 Å². The number of rotatable bonds is 9. The molecule has 0 aliphatic heterocycles. The second kappa shape index (κ2) is 9.60. The van der Waals surface area contributed by atoms with Crippen molar-refractivity contribution in [2.24, 2.45) is 0 Å². The third-order valence-corrected chi connectivity index (χ3v) is 4.23. The molecule has 0 atom stereocenters. The molecule has 2 N–H and O–H groups in total. The Labute approximate surface area is 166 Å². The molecule has 0 unspecified atom stereocenters. The Bertz CT molecular complexity index is 897. The minimum Gasteiger partial charge on any atom is -0.497 e. The number of ether oxygens (including phenoxy) is 2. The van der Waals surface area contributed by atoms with E-state index in [9.17, 15) is 0 Å². The number of para-hydroxylation sites is 1. The molecule has 2 aromatic carbocycles. The number of hydrogen-bond donors (Lipinski definition) is 2. The van der Waals surface area contributed by atoms with Gasteiger partial charge in [-0.3, -0.25) is 0 Å². The number of aromatic nitrogens is 2. The van der Waals surface area contributed by atoms with E-state index < -0.39 is 0 Å². The van der Waals surface area contributed by atoms with Gasteiger partial charge in [0.1, 0.15) is 23.9 Å². The zero-order valence-electron chi connectivity index (χ0n) is 16.5. The fourth-order valence-electron chi connectivity index (χ4n) is 2.80. The number of nitrogens with one attached hydrogen (secondary N) is 2. The van der Waals surface area contributed by atoms with Crippen molar-refractivity contribution >= 4 is 17.5 Å². The molecule has 0 fully saturated rings. The van der Waals surface area contributed by atoms with E-state index in [1.807, 2.05) is 49.4 Å². The smallest absolute Gasteiger partial charge is 0.224 e. The van der Waals surface area contributed by atoms with Crippen LogP contribution in [0, 0.1) is 6.92 Å². The summed E-state index contributed by atoms with van der Waals surface area (Å²) in [7, 11) is 1.64. The lowest BCUT2D eigenvalue weighted by Gasteiger charge is -2.13. The highest BCUT2D eigenvalue weighted by atomic mass is 16.5. The molecule has 6 heteroatoms. The van der Waals surface area contributed by atoms with Crippen LogP contribution in [0.1, 0.15) is 18.2 Å². The first kappa shape index (κ1) is 19.5. The Hall–Kier alpha value is -3.28. The van der Waals surface area contributed by atoms with Gasteiger partial charge in [-0.15, -0.1) is 0 Å². The summed E-state index contributed by atoms with van der Waals surface area (Å²) in [6.45, 7) is 5.20. The molecule has 1 aromatic heterocycles. The lowest BCUT2D eigenvalue weighted by Crippen LogP contribution is -2.14. The average Bonchev–Trinajstić information content (AvgIpc) is 2.72. The Morgan fingerprint density at radius 3 is 2.46 bits per heavy atom. The largest absolute Gasteiger partial charge is 0.497 e. The number of benzene rings is 2. The van der Waals surface area contributed by atoms with Gasteiger partial charge in [-0.1, -0.05) is 25.1 Å². The van der Waals surface area contributed by atoms with Crippen LogP contribution in [-0.4, -0.2) is 30.2 Å². The summed E-state index contributed by atoms with van der Waals surface area (Å²) in [6.07, 6.45) is 0.959. The van der Waals surface area contributed by atoms with Crippen molar-refractivity contribution in [2.75, 3.05) is 30.9 Å². The van der Waals surface area contributed by atoms with Crippen LogP contribution in [0.3, 0.4) is 0 Å². The Morgan fingerprint density at radius 1 is 0.964 bits per heavy atom. The lowest BCUT2D eigenvalue weighted by atomic mass is 10.1. The monoisotopic (exact) mass is 378 g/mol. The molecular formula is C22H26N4O2. The molecule has 0 aliphatic carbocycles. The number of nitrogens with zero attached hydrogens (tertiary/aromatic N) is 2. The van der Waals surface area contributed by atoms with E-state index in [1.54, 1.807) is 7.11 Å². The van der Waals surface area contributed by atoms with Gasteiger partial charge in [0.05, 0.1) is 13.7 Å². The first-order chi connectivity index (χ1) is 13.7. The zero-order chi connectivity index (χ0) is 19.8. The van der Waals surface area contributed by atoms with Crippen LogP contribution in [0.25, 0.3) is 0 Å². The molecule has 0 spiro atoms. The quantitative estimate of drug-likeness (QED) is 0.531. The normalized spacial score (nSPS) is 10.4. The van der Waals surface area contributed by atoms with E-state index >= 15 is 0 Å². The molecular weight excluding hydrogens is 352 g/mol. The molecule has 0 radical (unpaired) electrons. The Morgan fingerprint density at radius 2 is 1.71 bits per heavy atom. The van der Waals surface area contributed by atoms with Crippen molar-refractivity contribution in [3.63, 3.8) is 0 Å². The summed E-state index contributed by atoms with van der Waals surface area (Å²) in [5.41, 5.74) is 3.21. The van der Waals surface area contributed by atoms with Crippen LogP contribution in [0.5, 0.6) is 11.5 Å². The summed E-state index contributed by atoms with van der Waals surface area (Å²) >= 11 is 0. The van der Waals surface area contributed by atoms with Crippen molar-refractivity contribution in [2.45, 2.75) is 20.3 Å². The number of hydrogen-bond acceptors (Lipinski definition) is 6. The van der Waals surface area contributed by atoms with Crippen LogP contribution in [0.4, 0.5) is 17.5 Å². The van der Waals surface area contributed by atoms with Crippen LogP contribution in [-0.2, 0) is 6.42 Å². The molecule has 0 saturated carbocycles. The van der Waals surface area contributed by atoms with Crippen molar-refractivity contribution in [3.05, 3.63) is 65.9 Å². The second-order valence-corrected chi connectivity index (χ2v) is 6.30. The second-order valence-electron chi connectivity index (χ2n) is 6.30. The number of anilines is 3. The lowest BCUT2D eigenvalue weighted by molar-refractivity contribution is 0.331.